The van der Waals surface area contributed by atoms with Crippen molar-refractivity contribution in [1.82, 2.24) is 0 Å². The second kappa shape index (κ2) is 57.0. The average Bonchev–Trinajstić information content (AvgIpc) is 3.54. The number of carbonyl (C=O) groups is 4. The van der Waals surface area contributed by atoms with Gasteiger partial charge in [0.2, 0.25) is 0 Å². The second-order valence-electron chi connectivity index (χ2n) is 25.4. The van der Waals surface area contributed by atoms with E-state index in [4.69, 9.17) is 37.0 Å². The van der Waals surface area contributed by atoms with Crippen LogP contribution in [0.15, 0.2) is 0 Å². The van der Waals surface area contributed by atoms with Crippen molar-refractivity contribution in [3.63, 3.8) is 0 Å². The molecule has 0 aliphatic rings. The first-order valence-corrected chi connectivity index (χ1v) is 37.8. The van der Waals surface area contributed by atoms with E-state index in [0.717, 1.165) is 126 Å². The van der Waals surface area contributed by atoms with Gasteiger partial charge in [-0.2, -0.15) is 0 Å². The van der Waals surface area contributed by atoms with Crippen molar-refractivity contribution in [2.24, 2.45) is 23.7 Å². The molecule has 0 spiro atoms. The quantitative estimate of drug-likeness (QED) is 0.0222. The Labute approximate surface area is 524 Å². The Morgan fingerprint density at radius 2 is 0.558 bits per heavy atom. The van der Waals surface area contributed by atoms with Crippen LogP contribution in [0.3, 0.4) is 0 Å². The molecule has 0 heterocycles. The standard InChI is InChI=1S/C67H130O17P2/c1-9-58(6)44-36-28-21-24-31-39-47-64(69)77-53-62(83-66(71)49-41-33-20-18-16-14-12-13-15-17-19-27-35-43-57(4)5)55-81-85(73,74)79-51-61(68)52-80-86(75,76)82-56-63(84-67(72)50-42-34-26-23-30-38-46-60(8)11-3)54-78-65(70)48-40-32-25-22-29-37-45-59(7)10-2/h57-63,68H,9-56H2,1-8H3,(H,73,74)(H,75,76)/t58?,59?,60?,61-,62+,63+/m0/s1. The molecule has 0 rings (SSSR count). The van der Waals surface area contributed by atoms with Crippen molar-refractivity contribution in [2.75, 3.05) is 39.6 Å². The van der Waals surface area contributed by atoms with Crippen molar-refractivity contribution in [2.45, 2.75) is 343 Å². The van der Waals surface area contributed by atoms with Crippen molar-refractivity contribution in [3.05, 3.63) is 0 Å². The summed E-state index contributed by atoms with van der Waals surface area (Å²) in [4.78, 5) is 72.3. The zero-order chi connectivity index (χ0) is 63.9. The molecule has 0 fully saturated rings. The first kappa shape index (κ1) is 84.1. The maximum absolute atomic E-state index is 13.0. The molecule has 0 bridgehead atoms. The van der Waals surface area contributed by atoms with Crippen LogP contribution in [-0.4, -0.2) is 96.7 Å². The largest absolute Gasteiger partial charge is 0.472 e. The average molecular weight is 1270 g/mol. The third kappa shape index (κ3) is 57.2. The van der Waals surface area contributed by atoms with Gasteiger partial charge in [0.25, 0.3) is 0 Å². The number of ether oxygens (including phenoxy) is 4. The highest BCUT2D eigenvalue weighted by Gasteiger charge is 2.30. The summed E-state index contributed by atoms with van der Waals surface area (Å²) in [5.74, 6) is 0.830. The fourth-order valence-electron chi connectivity index (χ4n) is 9.86. The fourth-order valence-corrected chi connectivity index (χ4v) is 11.4. The van der Waals surface area contributed by atoms with E-state index >= 15 is 0 Å². The molecule has 5 unspecified atom stereocenters. The summed E-state index contributed by atoms with van der Waals surface area (Å²) in [6.45, 7) is 14.0. The number of esters is 4. The summed E-state index contributed by atoms with van der Waals surface area (Å²) < 4.78 is 68.1. The van der Waals surface area contributed by atoms with Crippen LogP contribution >= 0.6 is 15.6 Å². The number of unbranched alkanes of at least 4 members (excludes halogenated alkanes) is 27. The minimum absolute atomic E-state index is 0.101. The van der Waals surface area contributed by atoms with Gasteiger partial charge in [-0.1, -0.05) is 274 Å². The van der Waals surface area contributed by atoms with Gasteiger partial charge < -0.3 is 33.8 Å². The summed E-state index contributed by atoms with van der Waals surface area (Å²) in [7, 11) is -9.90. The Hall–Kier alpha value is -1.94. The lowest BCUT2D eigenvalue weighted by atomic mass is 10.00. The monoisotopic (exact) mass is 1270 g/mol. The number of carbonyl (C=O) groups excluding carboxylic acids is 4. The highest BCUT2D eigenvalue weighted by molar-refractivity contribution is 7.47. The summed E-state index contributed by atoms with van der Waals surface area (Å²) in [5, 5.41) is 10.6. The lowest BCUT2D eigenvalue weighted by molar-refractivity contribution is -0.161. The van der Waals surface area contributed by atoms with Crippen LogP contribution < -0.4 is 0 Å². The van der Waals surface area contributed by atoms with E-state index in [0.29, 0.717) is 25.7 Å². The minimum Gasteiger partial charge on any atom is -0.462 e. The number of hydrogen-bond donors (Lipinski definition) is 3. The first-order chi connectivity index (χ1) is 41.2. The molecule has 0 aromatic heterocycles. The lowest BCUT2D eigenvalue weighted by Gasteiger charge is -2.21. The molecular weight excluding hydrogens is 1140 g/mol. The molecule has 0 aliphatic heterocycles. The molecule has 17 nitrogen and oxygen atoms in total. The van der Waals surface area contributed by atoms with Gasteiger partial charge in [0.1, 0.15) is 19.3 Å². The van der Waals surface area contributed by atoms with Crippen LogP contribution in [0, 0.1) is 23.7 Å². The molecule has 3 N–H and O–H groups in total. The molecule has 0 saturated carbocycles. The smallest absolute Gasteiger partial charge is 0.462 e. The van der Waals surface area contributed by atoms with Gasteiger partial charge in [-0.05, 0) is 49.4 Å². The minimum atomic E-state index is -4.95. The number of rotatable bonds is 64. The van der Waals surface area contributed by atoms with Gasteiger partial charge >= 0.3 is 39.5 Å². The lowest BCUT2D eigenvalue weighted by Crippen LogP contribution is -2.30. The predicted molar refractivity (Wildman–Crippen MR) is 344 cm³/mol. The fraction of sp³-hybridized carbons (Fsp3) is 0.940. The number of aliphatic hydroxyl groups is 1. The topological polar surface area (TPSA) is 237 Å². The van der Waals surface area contributed by atoms with Gasteiger partial charge in [-0.25, -0.2) is 9.13 Å². The van der Waals surface area contributed by atoms with Crippen molar-refractivity contribution in [3.8, 4) is 0 Å². The van der Waals surface area contributed by atoms with Crippen LogP contribution in [0.4, 0.5) is 0 Å². The van der Waals surface area contributed by atoms with Crippen LogP contribution in [0.5, 0.6) is 0 Å². The second-order valence-corrected chi connectivity index (χ2v) is 28.3. The van der Waals surface area contributed by atoms with E-state index in [1.807, 2.05) is 0 Å². The summed E-state index contributed by atoms with van der Waals surface area (Å²) in [5.41, 5.74) is 0. The number of aliphatic hydroxyl groups excluding tert-OH is 1. The zero-order valence-electron chi connectivity index (χ0n) is 55.9. The highest BCUT2D eigenvalue weighted by atomic mass is 31.2. The number of phosphoric ester groups is 2. The number of hydrogen-bond acceptors (Lipinski definition) is 15. The highest BCUT2D eigenvalue weighted by Crippen LogP contribution is 2.45. The first-order valence-electron chi connectivity index (χ1n) is 34.8. The van der Waals surface area contributed by atoms with Crippen LogP contribution in [-0.2, 0) is 65.4 Å². The molecule has 8 atom stereocenters. The Bertz CT molecular complexity index is 1720. The molecule has 86 heavy (non-hydrogen) atoms. The summed E-state index contributed by atoms with van der Waals surface area (Å²) >= 11 is 0. The zero-order valence-corrected chi connectivity index (χ0v) is 57.7. The van der Waals surface area contributed by atoms with Crippen molar-refractivity contribution >= 4 is 39.5 Å². The molecule has 0 amide bonds. The van der Waals surface area contributed by atoms with Crippen LogP contribution in [0.25, 0.3) is 0 Å². The van der Waals surface area contributed by atoms with Crippen LogP contribution in [0.2, 0.25) is 0 Å². The molecule has 0 aromatic rings. The van der Waals surface area contributed by atoms with Gasteiger partial charge in [0.15, 0.2) is 12.2 Å². The van der Waals surface area contributed by atoms with E-state index in [2.05, 4.69) is 55.4 Å². The van der Waals surface area contributed by atoms with Crippen LogP contribution in [0.1, 0.15) is 325 Å². The normalized spacial score (nSPS) is 15.3. The molecule has 19 heteroatoms. The van der Waals surface area contributed by atoms with Gasteiger partial charge in [-0.3, -0.25) is 37.3 Å². The number of phosphoric acid groups is 2. The predicted octanol–water partition coefficient (Wildman–Crippen LogP) is 18.5. The molecule has 0 saturated heterocycles. The van der Waals surface area contributed by atoms with E-state index in [9.17, 15) is 43.2 Å². The van der Waals surface area contributed by atoms with E-state index in [1.54, 1.807) is 0 Å². The Morgan fingerprint density at radius 1 is 0.326 bits per heavy atom. The molecule has 0 aromatic carbocycles. The molecule has 0 radical (unpaired) electrons. The van der Waals surface area contributed by atoms with Crippen molar-refractivity contribution in [1.29, 1.82) is 0 Å². The maximum Gasteiger partial charge on any atom is 0.472 e. The molecule has 510 valence electrons. The Morgan fingerprint density at radius 3 is 0.826 bits per heavy atom. The molecule has 0 aliphatic carbocycles. The molecular formula is C67H130O17P2. The van der Waals surface area contributed by atoms with E-state index in [1.165, 1.54) is 116 Å². The van der Waals surface area contributed by atoms with Gasteiger partial charge in [0.05, 0.1) is 26.4 Å². The van der Waals surface area contributed by atoms with E-state index < -0.39 is 97.5 Å². The third-order valence-electron chi connectivity index (χ3n) is 16.4. The summed E-state index contributed by atoms with van der Waals surface area (Å²) in [6.07, 6.45) is 37.7. The third-order valence-corrected chi connectivity index (χ3v) is 18.3. The van der Waals surface area contributed by atoms with Gasteiger partial charge in [-0.15, -0.1) is 0 Å². The maximum atomic E-state index is 13.0. The van der Waals surface area contributed by atoms with E-state index in [-0.39, 0.29) is 25.7 Å². The van der Waals surface area contributed by atoms with Crippen molar-refractivity contribution < 1.29 is 80.2 Å². The summed E-state index contributed by atoms with van der Waals surface area (Å²) in [6, 6.07) is 0. The van der Waals surface area contributed by atoms with Gasteiger partial charge in [0, 0.05) is 25.7 Å². The Balaban J connectivity index is 5.25. The SMILES string of the molecule is CCC(C)CCCCCCCCC(=O)OC[C@H](COP(=O)(O)OC[C@H](O)COP(=O)(O)OC[C@@H](COC(=O)CCCCCCCCC(C)CC)OC(=O)CCCCCCCCC(C)CC)OC(=O)CCCCCCCCCCCCCCCC(C)C. The Kier molecular flexibility index (Phi) is 55.7.